The van der Waals surface area contributed by atoms with Crippen molar-refractivity contribution in [2.45, 2.75) is 59.7 Å². The SMILES string of the molecule is CCNC(=NCc1ncnn1C)NCC(NC(=O)OC(C)(C)C)C(C)C. The smallest absolute Gasteiger partial charge is 0.407 e. The van der Waals surface area contributed by atoms with E-state index in [9.17, 15) is 4.79 Å². The first-order valence-electron chi connectivity index (χ1n) is 8.97. The van der Waals surface area contributed by atoms with Crippen molar-refractivity contribution in [3.05, 3.63) is 12.2 Å². The van der Waals surface area contributed by atoms with Gasteiger partial charge in [-0.2, -0.15) is 5.10 Å². The maximum atomic E-state index is 12.0. The third-order valence-electron chi connectivity index (χ3n) is 3.52. The highest BCUT2D eigenvalue weighted by atomic mass is 16.6. The number of guanidine groups is 1. The van der Waals surface area contributed by atoms with E-state index >= 15 is 0 Å². The summed E-state index contributed by atoms with van der Waals surface area (Å²) in [6, 6.07) is -0.0939. The predicted octanol–water partition coefficient (Wildman–Crippen LogP) is 1.42. The molecule has 0 saturated carbocycles. The molecule has 148 valence electrons. The molecule has 0 aliphatic heterocycles. The molecule has 0 radical (unpaired) electrons. The lowest BCUT2D eigenvalue weighted by Crippen LogP contribution is -2.50. The standard InChI is InChI=1S/C17H33N7O2/c1-8-18-15(20-10-14-21-11-22-24(14)7)19-9-13(12(2)3)23-16(25)26-17(4,5)6/h11-13H,8-10H2,1-7H3,(H,23,25)(H2,18,19,20). The number of aliphatic imine (C=N–C) groups is 1. The minimum atomic E-state index is -0.522. The van der Waals surface area contributed by atoms with Crippen LogP contribution in [0.25, 0.3) is 0 Å². The van der Waals surface area contributed by atoms with Crippen molar-refractivity contribution < 1.29 is 9.53 Å². The third kappa shape index (κ3) is 8.17. The number of ether oxygens (including phenoxy) is 1. The molecule has 26 heavy (non-hydrogen) atoms. The average molecular weight is 367 g/mol. The zero-order chi connectivity index (χ0) is 19.7. The van der Waals surface area contributed by atoms with Gasteiger partial charge in [-0.05, 0) is 33.6 Å². The van der Waals surface area contributed by atoms with Gasteiger partial charge in [-0.25, -0.2) is 14.8 Å². The summed E-state index contributed by atoms with van der Waals surface area (Å²) < 4.78 is 7.03. The first kappa shape index (κ1) is 21.7. The van der Waals surface area contributed by atoms with Crippen LogP contribution in [-0.2, 0) is 18.3 Å². The van der Waals surface area contributed by atoms with Crippen LogP contribution in [0.4, 0.5) is 4.79 Å². The van der Waals surface area contributed by atoms with Gasteiger partial charge in [-0.1, -0.05) is 13.8 Å². The maximum Gasteiger partial charge on any atom is 0.407 e. The van der Waals surface area contributed by atoms with Crippen LogP contribution in [0.2, 0.25) is 0 Å². The first-order chi connectivity index (χ1) is 12.1. The Hall–Kier alpha value is -2.32. The lowest BCUT2D eigenvalue weighted by atomic mass is 10.0. The number of aromatic nitrogens is 3. The van der Waals surface area contributed by atoms with Gasteiger partial charge >= 0.3 is 6.09 Å². The summed E-state index contributed by atoms with van der Waals surface area (Å²) in [7, 11) is 1.83. The highest BCUT2D eigenvalue weighted by molar-refractivity contribution is 5.79. The van der Waals surface area contributed by atoms with Crippen molar-refractivity contribution in [3.8, 4) is 0 Å². The normalized spacial score (nSPS) is 13.5. The molecule has 1 aromatic heterocycles. The molecule has 1 amide bonds. The number of amides is 1. The van der Waals surface area contributed by atoms with E-state index in [1.54, 1.807) is 4.68 Å². The number of alkyl carbamates (subject to hydrolysis) is 1. The number of nitrogens with zero attached hydrogens (tertiary/aromatic N) is 4. The number of carbonyl (C=O) groups is 1. The summed E-state index contributed by atoms with van der Waals surface area (Å²) in [5.41, 5.74) is -0.522. The molecule has 0 bridgehead atoms. The lowest BCUT2D eigenvalue weighted by molar-refractivity contribution is 0.0491. The molecule has 1 unspecified atom stereocenters. The fourth-order valence-electron chi connectivity index (χ4n) is 2.07. The molecule has 1 atom stereocenters. The molecule has 3 N–H and O–H groups in total. The number of hydrogen-bond acceptors (Lipinski definition) is 5. The van der Waals surface area contributed by atoms with Crippen LogP contribution < -0.4 is 16.0 Å². The van der Waals surface area contributed by atoms with Crippen LogP contribution in [-0.4, -0.2) is 51.5 Å². The van der Waals surface area contributed by atoms with Gasteiger partial charge in [-0.15, -0.1) is 0 Å². The van der Waals surface area contributed by atoms with Gasteiger partial charge < -0.3 is 20.7 Å². The highest BCUT2D eigenvalue weighted by Gasteiger charge is 2.21. The van der Waals surface area contributed by atoms with E-state index in [1.165, 1.54) is 6.33 Å². The number of carbonyl (C=O) groups excluding carboxylic acids is 1. The molecule has 0 saturated heterocycles. The van der Waals surface area contributed by atoms with Crippen molar-refractivity contribution in [1.82, 2.24) is 30.7 Å². The van der Waals surface area contributed by atoms with Gasteiger partial charge in [0, 0.05) is 20.1 Å². The second-order valence-electron chi connectivity index (χ2n) is 7.37. The molecule has 0 aromatic carbocycles. The summed E-state index contributed by atoms with van der Waals surface area (Å²) >= 11 is 0. The summed E-state index contributed by atoms with van der Waals surface area (Å²) in [5.74, 6) is 1.67. The van der Waals surface area contributed by atoms with Gasteiger partial charge in [0.05, 0.1) is 6.04 Å². The van der Waals surface area contributed by atoms with E-state index < -0.39 is 11.7 Å². The lowest BCUT2D eigenvalue weighted by Gasteiger charge is -2.26. The van der Waals surface area contributed by atoms with Crippen molar-refractivity contribution in [2.75, 3.05) is 13.1 Å². The zero-order valence-corrected chi connectivity index (χ0v) is 17.0. The van der Waals surface area contributed by atoms with Gasteiger partial charge in [0.1, 0.15) is 24.3 Å². The van der Waals surface area contributed by atoms with E-state index in [-0.39, 0.29) is 12.0 Å². The Labute approximate surface area is 156 Å². The van der Waals surface area contributed by atoms with Crippen LogP contribution >= 0.6 is 0 Å². The minimum absolute atomic E-state index is 0.0939. The number of hydrogen-bond donors (Lipinski definition) is 3. The predicted molar refractivity (Wildman–Crippen MR) is 102 cm³/mol. The fraction of sp³-hybridized carbons (Fsp3) is 0.765. The molecule has 9 heteroatoms. The minimum Gasteiger partial charge on any atom is -0.444 e. The van der Waals surface area contributed by atoms with Gasteiger partial charge in [-0.3, -0.25) is 4.68 Å². The molecular weight excluding hydrogens is 334 g/mol. The van der Waals surface area contributed by atoms with Crippen molar-refractivity contribution in [1.29, 1.82) is 0 Å². The second kappa shape index (κ2) is 9.98. The van der Waals surface area contributed by atoms with E-state index in [4.69, 9.17) is 4.74 Å². The first-order valence-corrected chi connectivity index (χ1v) is 8.97. The van der Waals surface area contributed by atoms with Gasteiger partial charge in [0.15, 0.2) is 5.96 Å². The number of aryl methyl sites for hydroxylation is 1. The van der Waals surface area contributed by atoms with E-state index in [2.05, 4.69) is 31.0 Å². The van der Waals surface area contributed by atoms with Gasteiger partial charge in [0.25, 0.3) is 0 Å². The van der Waals surface area contributed by atoms with Crippen molar-refractivity contribution in [3.63, 3.8) is 0 Å². The topological polar surface area (TPSA) is 105 Å². The molecule has 0 spiro atoms. The highest BCUT2D eigenvalue weighted by Crippen LogP contribution is 2.08. The monoisotopic (exact) mass is 367 g/mol. The summed E-state index contributed by atoms with van der Waals surface area (Å²) in [4.78, 5) is 20.7. The van der Waals surface area contributed by atoms with Crippen LogP contribution in [0.1, 0.15) is 47.4 Å². The van der Waals surface area contributed by atoms with E-state index in [0.29, 0.717) is 19.0 Å². The Morgan fingerprint density at radius 3 is 2.54 bits per heavy atom. The van der Waals surface area contributed by atoms with Crippen LogP contribution in [0.5, 0.6) is 0 Å². The van der Waals surface area contributed by atoms with E-state index in [0.717, 1.165) is 12.4 Å². The van der Waals surface area contributed by atoms with Crippen LogP contribution in [0.3, 0.4) is 0 Å². The molecule has 0 aliphatic carbocycles. The zero-order valence-electron chi connectivity index (χ0n) is 17.0. The summed E-state index contributed by atoms with van der Waals surface area (Å²) in [5, 5.41) is 13.4. The quantitative estimate of drug-likeness (QED) is 0.497. The van der Waals surface area contributed by atoms with Crippen LogP contribution in [0, 0.1) is 5.92 Å². The average Bonchev–Trinajstić information content (AvgIpc) is 2.91. The fourth-order valence-corrected chi connectivity index (χ4v) is 2.07. The molecule has 1 rings (SSSR count). The van der Waals surface area contributed by atoms with Crippen molar-refractivity contribution >= 4 is 12.1 Å². The van der Waals surface area contributed by atoms with Crippen molar-refractivity contribution in [2.24, 2.45) is 18.0 Å². The molecule has 1 heterocycles. The molecule has 0 aliphatic rings. The Bertz CT molecular complexity index is 590. The van der Waals surface area contributed by atoms with Crippen LogP contribution in [0.15, 0.2) is 11.3 Å². The second-order valence-corrected chi connectivity index (χ2v) is 7.37. The van der Waals surface area contributed by atoms with E-state index in [1.807, 2.05) is 48.6 Å². The Kier molecular flexibility index (Phi) is 8.34. The molecule has 1 aromatic rings. The molecule has 9 nitrogen and oxygen atoms in total. The summed E-state index contributed by atoms with van der Waals surface area (Å²) in [6.07, 6.45) is 1.09. The Morgan fingerprint density at radius 2 is 2.04 bits per heavy atom. The third-order valence-corrected chi connectivity index (χ3v) is 3.52. The number of rotatable bonds is 7. The largest absolute Gasteiger partial charge is 0.444 e. The molecule has 0 fully saturated rings. The summed E-state index contributed by atoms with van der Waals surface area (Å²) in [6.45, 7) is 13.3. The Balaban J connectivity index is 2.65. The maximum absolute atomic E-state index is 12.0. The van der Waals surface area contributed by atoms with Gasteiger partial charge in [0.2, 0.25) is 0 Å². The number of nitrogens with one attached hydrogen (secondary N) is 3. The molecular formula is C17H33N7O2. The Morgan fingerprint density at radius 1 is 1.35 bits per heavy atom.